The highest BCUT2D eigenvalue weighted by atomic mass is 35.5. The Kier molecular flexibility index (Phi) is 9.07. The molecule has 2 aromatic carbocycles. The highest BCUT2D eigenvalue weighted by Crippen LogP contribution is 2.32. The summed E-state index contributed by atoms with van der Waals surface area (Å²) in [4.78, 5) is 11.2. The number of methoxy groups -OCH3 is 1. The quantitative estimate of drug-likeness (QED) is 0.343. The lowest BCUT2D eigenvalue weighted by Crippen LogP contribution is -2.33. The summed E-state index contributed by atoms with van der Waals surface area (Å²) in [6, 6.07) is 12.7. The normalized spacial score (nSPS) is 14.2. The number of hydrogen-bond donors (Lipinski definition) is 2. The fourth-order valence-corrected chi connectivity index (χ4v) is 5.11. The van der Waals surface area contributed by atoms with Gasteiger partial charge in [0.05, 0.1) is 19.1 Å². The minimum absolute atomic E-state index is 0.101. The molecule has 1 saturated heterocycles. The second-order valence-corrected chi connectivity index (χ2v) is 11.5. The number of nitrogens with zero attached hydrogens (tertiary/aromatic N) is 3. The molecule has 0 bridgehead atoms. The molecule has 0 atom stereocenters. The Labute approximate surface area is 223 Å². The van der Waals surface area contributed by atoms with Gasteiger partial charge in [-0.15, -0.1) is 0 Å². The summed E-state index contributed by atoms with van der Waals surface area (Å²) in [7, 11) is -1.61. The summed E-state index contributed by atoms with van der Waals surface area (Å²) < 4.78 is 35.2. The largest absolute Gasteiger partial charge is 0.493 e. The molecule has 1 aliphatic rings. The molecule has 0 spiro atoms. The van der Waals surface area contributed by atoms with Crippen LogP contribution in [0.2, 0.25) is 5.02 Å². The van der Waals surface area contributed by atoms with Crippen LogP contribution in [0, 0.1) is 0 Å². The highest BCUT2D eigenvalue weighted by Gasteiger charge is 2.14. The molecule has 9 nitrogen and oxygen atoms in total. The third-order valence-corrected chi connectivity index (χ3v) is 7.08. The van der Waals surface area contributed by atoms with Crippen molar-refractivity contribution in [1.29, 1.82) is 0 Å². The number of aromatic nitrogens is 2. The molecule has 1 fully saturated rings. The van der Waals surface area contributed by atoms with E-state index in [4.69, 9.17) is 21.1 Å². The average Bonchev–Trinajstić information content (AvgIpc) is 2.87. The monoisotopic (exact) mass is 545 g/mol. The van der Waals surface area contributed by atoms with Crippen molar-refractivity contribution in [3.05, 3.63) is 59.2 Å². The molecule has 2 heterocycles. The van der Waals surface area contributed by atoms with Crippen LogP contribution in [0.1, 0.15) is 24.8 Å². The van der Waals surface area contributed by atoms with Gasteiger partial charge in [0.15, 0.2) is 27.2 Å². The lowest BCUT2D eigenvalue weighted by Gasteiger charge is -2.26. The number of benzene rings is 2. The van der Waals surface area contributed by atoms with E-state index >= 15 is 0 Å². The maximum Gasteiger partial charge on any atom is 0.229 e. The van der Waals surface area contributed by atoms with Gasteiger partial charge in [0.25, 0.3) is 0 Å². The summed E-state index contributed by atoms with van der Waals surface area (Å²) in [5, 5.41) is 6.60. The predicted molar refractivity (Wildman–Crippen MR) is 147 cm³/mol. The van der Waals surface area contributed by atoms with Crippen LogP contribution in [0.5, 0.6) is 11.5 Å². The average molecular weight is 546 g/mol. The number of sulfone groups is 1. The minimum Gasteiger partial charge on any atom is -0.493 e. The van der Waals surface area contributed by atoms with E-state index < -0.39 is 9.84 Å². The maximum absolute atomic E-state index is 11.8. The molecule has 0 saturated carbocycles. The molecular weight excluding hydrogens is 514 g/mol. The van der Waals surface area contributed by atoms with Gasteiger partial charge >= 0.3 is 0 Å². The van der Waals surface area contributed by atoms with E-state index in [1.807, 2.05) is 24.3 Å². The Morgan fingerprint density at radius 2 is 1.84 bits per heavy atom. The van der Waals surface area contributed by atoms with Crippen LogP contribution in [0.15, 0.2) is 48.7 Å². The van der Waals surface area contributed by atoms with Gasteiger partial charge in [-0.3, -0.25) is 4.90 Å². The zero-order chi connectivity index (χ0) is 26.3. The van der Waals surface area contributed by atoms with Crippen molar-refractivity contribution in [3.8, 4) is 11.5 Å². The molecule has 4 rings (SSSR count). The van der Waals surface area contributed by atoms with Gasteiger partial charge in [0.1, 0.15) is 11.6 Å². The predicted octanol–water partition coefficient (Wildman–Crippen LogP) is 5.04. The molecule has 1 aliphatic heterocycles. The van der Waals surface area contributed by atoms with E-state index in [9.17, 15) is 8.42 Å². The van der Waals surface area contributed by atoms with Crippen LogP contribution >= 0.6 is 11.6 Å². The molecule has 198 valence electrons. The second kappa shape index (κ2) is 12.4. The van der Waals surface area contributed by atoms with Crippen LogP contribution in [-0.4, -0.2) is 62.9 Å². The van der Waals surface area contributed by atoms with Crippen molar-refractivity contribution < 1.29 is 17.9 Å². The number of halogens is 1. The molecule has 1 aromatic heterocycles. The van der Waals surface area contributed by atoms with E-state index in [-0.39, 0.29) is 5.75 Å². The van der Waals surface area contributed by atoms with E-state index in [0.717, 1.165) is 19.6 Å². The van der Waals surface area contributed by atoms with Crippen LogP contribution in [0.4, 0.5) is 23.1 Å². The van der Waals surface area contributed by atoms with Crippen molar-refractivity contribution in [3.63, 3.8) is 0 Å². The topological polar surface area (TPSA) is 106 Å². The number of piperidine rings is 1. The third kappa shape index (κ3) is 7.95. The SMILES string of the molecule is COc1cc(Nc2ncc(Cl)c(Nc3ccccc3CS(C)(=O)=O)n2)ccc1OCCN1CCCCC1. The fraction of sp³-hybridized carbons (Fsp3) is 0.385. The van der Waals surface area contributed by atoms with Gasteiger partial charge in [-0.2, -0.15) is 4.98 Å². The Balaban J connectivity index is 1.44. The summed E-state index contributed by atoms with van der Waals surface area (Å²) >= 11 is 6.33. The van der Waals surface area contributed by atoms with E-state index in [2.05, 4.69) is 25.5 Å². The fourth-order valence-electron chi connectivity index (χ4n) is 4.15. The van der Waals surface area contributed by atoms with Crippen LogP contribution in [-0.2, 0) is 15.6 Å². The van der Waals surface area contributed by atoms with Gasteiger partial charge in [0, 0.05) is 30.2 Å². The van der Waals surface area contributed by atoms with Gasteiger partial charge in [-0.05, 0) is 49.7 Å². The first kappa shape index (κ1) is 27.0. The van der Waals surface area contributed by atoms with E-state index in [0.29, 0.717) is 51.8 Å². The molecule has 0 unspecified atom stereocenters. The minimum atomic E-state index is -3.22. The number of anilines is 4. The molecule has 2 N–H and O–H groups in total. The van der Waals surface area contributed by atoms with Crippen molar-refractivity contribution in [2.45, 2.75) is 25.0 Å². The van der Waals surface area contributed by atoms with Crippen molar-refractivity contribution in [2.24, 2.45) is 0 Å². The number of rotatable bonds is 11. The summed E-state index contributed by atoms with van der Waals surface area (Å²) in [5.41, 5.74) is 1.94. The Morgan fingerprint density at radius 1 is 1.05 bits per heavy atom. The molecular formula is C26H32ClN5O4S. The van der Waals surface area contributed by atoms with Crippen LogP contribution in [0.3, 0.4) is 0 Å². The maximum atomic E-state index is 11.8. The summed E-state index contributed by atoms with van der Waals surface area (Å²) in [5.74, 6) is 1.84. The lowest BCUT2D eigenvalue weighted by atomic mass is 10.1. The van der Waals surface area contributed by atoms with Crippen LogP contribution in [0.25, 0.3) is 0 Å². The number of likely N-dealkylation sites (tertiary alicyclic amines) is 1. The van der Waals surface area contributed by atoms with Gasteiger partial charge in [-0.1, -0.05) is 36.2 Å². The van der Waals surface area contributed by atoms with Gasteiger partial charge < -0.3 is 20.1 Å². The van der Waals surface area contributed by atoms with Crippen molar-refractivity contribution >= 4 is 44.6 Å². The zero-order valence-corrected chi connectivity index (χ0v) is 22.6. The first-order chi connectivity index (χ1) is 17.8. The number of ether oxygens (including phenoxy) is 2. The first-order valence-corrected chi connectivity index (χ1v) is 14.6. The standard InChI is InChI=1S/C26H32ClN5O4S/c1-35-24-16-20(10-11-23(24)36-15-14-32-12-6-3-7-13-32)29-26-28-17-21(27)25(31-26)30-22-9-5-4-8-19(22)18-37(2,33)34/h4-5,8-11,16-17H,3,6-7,12-15,18H2,1-2H3,(H2,28,29,30,31). The lowest BCUT2D eigenvalue weighted by molar-refractivity contribution is 0.180. The molecule has 0 radical (unpaired) electrons. The van der Waals surface area contributed by atoms with Crippen LogP contribution < -0.4 is 20.1 Å². The molecule has 0 aliphatic carbocycles. The number of nitrogens with one attached hydrogen (secondary N) is 2. The smallest absolute Gasteiger partial charge is 0.229 e. The second-order valence-electron chi connectivity index (χ2n) is 8.98. The van der Waals surface area contributed by atoms with Gasteiger partial charge in [-0.25, -0.2) is 13.4 Å². The third-order valence-electron chi connectivity index (χ3n) is 5.97. The van der Waals surface area contributed by atoms with Gasteiger partial charge in [0.2, 0.25) is 5.95 Å². The van der Waals surface area contributed by atoms with E-state index in [1.165, 1.54) is 31.7 Å². The Hall–Kier alpha value is -3.08. The molecule has 0 amide bonds. The molecule has 3 aromatic rings. The number of hydrogen-bond acceptors (Lipinski definition) is 9. The van der Waals surface area contributed by atoms with Crippen molar-refractivity contribution in [1.82, 2.24) is 14.9 Å². The molecule has 37 heavy (non-hydrogen) atoms. The Bertz CT molecular complexity index is 1320. The Morgan fingerprint density at radius 3 is 2.59 bits per heavy atom. The first-order valence-electron chi connectivity index (χ1n) is 12.2. The highest BCUT2D eigenvalue weighted by molar-refractivity contribution is 7.89. The summed E-state index contributed by atoms with van der Waals surface area (Å²) in [6.07, 6.45) is 6.49. The zero-order valence-electron chi connectivity index (χ0n) is 21.0. The van der Waals surface area contributed by atoms with Crippen molar-refractivity contribution in [2.75, 3.05) is 50.2 Å². The number of para-hydroxylation sites is 1. The van der Waals surface area contributed by atoms with E-state index in [1.54, 1.807) is 25.3 Å². The summed E-state index contributed by atoms with van der Waals surface area (Å²) in [6.45, 7) is 3.75. The molecule has 11 heteroatoms.